The normalized spacial score (nSPS) is 17.4. The second-order valence-electron chi connectivity index (χ2n) is 7.71. The summed E-state index contributed by atoms with van der Waals surface area (Å²) in [6, 6.07) is 7.44. The molecule has 1 aliphatic heterocycles. The van der Waals surface area contributed by atoms with E-state index in [0.29, 0.717) is 18.9 Å². The Bertz CT molecular complexity index is 615. The molecule has 5 nitrogen and oxygen atoms in total. The summed E-state index contributed by atoms with van der Waals surface area (Å²) >= 11 is 0. The molecule has 2 rings (SSSR count). The maximum absolute atomic E-state index is 12.9. The number of carbonyl (C=O) groups is 2. The first-order valence-electron chi connectivity index (χ1n) is 9.80. The van der Waals surface area contributed by atoms with Gasteiger partial charge in [0.25, 0.3) is 0 Å². The van der Waals surface area contributed by atoms with Crippen molar-refractivity contribution in [3.05, 3.63) is 29.8 Å². The third-order valence-electron chi connectivity index (χ3n) is 4.94. The summed E-state index contributed by atoms with van der Waals surface area (Å²) in [6.07, 6.45) is 4.77. The molecule has 26 heavy (non-hydrogen) atoms. The van der Waals surface area contributed by atoms with Gasteiger partial charge in [0, 0.05) is 32.2 Å². The van der Waals surface area contributed by atoms with E-state index in [1.54, 1.807) is 6.92 Å². The van der Waals surface area contributed by atoms with Crippen molar-refractivity contribution in [2.45, 2.75) is 65.5 Å². The second kappa shape index (κ2) is 9.72. The molecule has 0 radical (unpaired) electrons. The first-order chi connectivity index (χ1) is 12.4. The topological polar surface area (TPSA) is 66.6 Å². The number of hydrogen-bond acceptors (Lipinski definition) is 3. The van der Waals surface area contributed by atoms with Gasteiger partial charge in [-0.1, -0.05) is 44.9 Å². The Morgan fingerprint density at radius 1 is 1.08 bits per heavy atom. The number of para-hydroxylation sites is 1. The fraction of sp³-hybridized carbons (Fsp3) is 0.619. The van der Waals surface area contributed by atoms with Crippen molar-refractivity contribution in [1.82, 2.24) is 4.90 Å². The molecule has 1 atom stereocenters. The van der Waals surface area contributed by atoms with Crippen molar-refractivity contribution in [3.63, 3.8) is 0 Å². The number of fused-ring (bicyclic) bond motifs is 1. The molecular formula is C21H33N3O2. The Balaban J connectivity index is 2.30. The quantitative estimate of drug-likeness (QED) is 0.900. The molecule has 1 aliphatic rings. The van der Waals surface area contributed by atoms with Crippen LogP contribution in [-0.4, -0.2) is 35.8 Å². The van der Waals surface area contributed by atoms with E-state index < -0.39 is 6.04 Å². The first kappa shape index (κ1) is 20.4. The number of amides is 2. The highest BCUT2D eigenvalue weighted by molar-refractivity contribution is 5.92. The smallest absolute Gasteiger partial charge is 0.239 e. The first-order valence-corrected chi connectivity index (χ1v) is 9.80. The average Bonchev–Trinajstić information content (AvgIpc) is 2.62. The SMILES string of the molecule is CC(=O)N1CCCCCCN(C(=O)C(N)CC(C)C)Cc2ccccc21. The minimum absolute atomic E-state index is 0.0159. The third-order valence-corrected chi connectivity index (χ3v) is 4.94. The van der Waals surface area contributed by atoms with Crippen molar-refractivity contribution in [3.8, 4) is 0 Å². The van der Waals surface area contributed by atoms with Gasteiger partial charge in [0.1, 0.15) is 0 Å². The van der Waals surface area contributed by atoms with Gasteiger partial charge in [-0.25, -0.2) is 0 Å². The summed E-state index contributed by atoms with van der Waals surface area (Å²) in [5, 5.41) is 0. The lowest BCUT2D eigenvalue weighted by Gasteiger charge is -2.29. The largest absolute Gasteiger partial charge is 0.337 e. The fourth-order valence-corrected chi connectivity index (χ4v) is 3.60. The zero-order chi connectivity index (χ0) is 19.1. The van der Waals surface area contributed by atoms with Gasteiger partial charge in [0.05, 0.1) is 6.04 Å². The Hall–Kier alpha value is -1.88. The summed E-state index contributed by atoms with van der Waals surface area (Å²) in [5.41, 5.74) is 8.10. The average molecular weight is 360 g/mol. The van der Waals surface area contributed by atoms with E-state index in [1.165, 1.54) is 0 Å². The van der Waals surface area contributed by atoms with Crippen molar-refractivity contribution in [2.75, 3.05) is 18.0 Å². The van der Waals surface area contributed by atoms with Crippen LogP contribution in [0, 0.1) is 5.92 Å². The highest BCUT2D eigenvalue weighted by atomic mass is 16.2. The molecule has 0 spiro atoms. The van der Waals surface area contributed by atoms with E-state index in [9.17, 15) is 9.59 Å². The number of carbonyl (C=O) groups excluding carboxylic acids is 2. The van der Waals surface area contributed by atoms with Crippen LogP contribution in [0.3, 0.4) is 0 Å². The maximum Gasteiger partial charge on any atom is 0.239 e. The molecular weight excluding hydrogens is 326 g/mol. The molecule has 1 unspecified atom stereocenters. The van der Waals surface area contributed by atoms with Gasteiger partial charge in [-0.05, 0) is 36.8 Å². The van der Waals surface area contributed by atoms with Gasteiger partial charge >= 0.3 is 0 Å². The van der Waals surface area contributed by atoms with Crippen LogP contribution in [0.2, 0.25) is 0 Å². The molecule has 0 aliphatic carbocycles. The predicted molar refractivity (Wildman–Crippen MR) is 106 cm³/mol. The Kier molecular flexibility index (Phi) is 7.64. The zero-order valence-electron chi connectivity index (χ0n) is 16.4. The highest BCUT2D eigenvalue weighted by Gasteiger charge is 2.24. The van der Waals surface area contributed by atoms with Gasteiger partial charge < -0.3 is 15.5 Å². The van der Waals surface area contributed by atoms with Crippen LogP contribution < -0.4 is 10.6 Å². The summed E-state index contributed by atoms with van der Waals surface area (Å²) in [7, 11) is 0. The lowest BCUT2D eigenvalue weighted by molar-refractivity contribution is -0.133. The van der Waals surface area contributed by atoms with Gasteiger partial charge in [0.2, 0.25) is 11.8 Å². The van der Waals surface area contributed by atoms with Crippen molar-refractivity contribution in [1.29, 1.82) is 0 Å². The van der Waals surface area contributed by atoms with Crippen LogP contribution in [-0.2, 0) is 16.1 Å². The van der Waals surface area contributed by atoms with Crippen LogP contribution in [0.15, 0.2) is 24.3 Å². The molecule has 2 N–H and O–H groups in total. The highest BCUT2D eigenvalue weighted by Crippen LogP contribution is 2.25. The van der Waals surface area contributed by atoms with Crippen molar-refractivity contribution in [2.24, 2.45) is 11.7 Å². The van der Waals surface area contributed by atoms with Gasteiger partial charge in [0.15, 0.2) is 0 Å². The molecule has 0 saturated heterocycles. The van der Waals surface area contributed by atoms with E-state index in [-0.39, 0.29) is 11.8 Å². The minimum Gasteiger partial charge on any atom is -0.337 e. The molecule has 0 fully saturated rings. The second-order valence-corrected chi connectivity index (χ2v) is 7.71. The number of nitrogens with two attached hydrogens (primary N) is 1. The number of nitrogens with zero attached hydrogens (tertiary/aromatic N) is 2. The van der Waals surface area contributed by atoms with Crippen LogP contribution in [0.1, 0.15) is 58.4 Å². The van der Waals surface area contributed by atoms with E-state index in [4.69, 9.17) is 5.73 Å². The number of benzene rings is 1. The molecule has 0 bridgehead atoms. The maximum atomic E-state index is 12.9. The zero-order valence-corrected chi connectivity index (χ0v) is 16.4. The number of hydrogen-bond donors (Lipinski definition) is 1. The van der Waals surface area contributed by atoms with Gasteiger partial charge in [-0.3, -0.25) is 9.59 Å². The molecule has 5 heteroatoms. The van der Waals surface area contributed by atoms with Crippen molar-refractivity contribution < 1.29 is 9.59 Å². The Labute approximate surface area is 157 Å². The summed E-state index contributed by atoms with van der Waals surface area (Å²) in [6.45, 7) is 7.73. The van der Waals surface area contributed by atoms with Crippen LogP contribution in [0.25, 0.3) is 0 Å². The number of rotatable bonds is 3. The molecule has 0 saturated carbocycles. The van der Waals surface area contributed by atoms with E-state index in [1.807, 2.05) is 34.1 Å². The van der Waals surface area contributed by atoms with Gasteiger partial charge in [-0.2, -0.15) is 0 Å². The van der Waals surface area contributed by atoms with Gasteiger partial charge in [-0.15, -0.1) is 0 Å². The predicted octanol–water partition coefficient (Wildman–Crippen LogP) is 3.32. The molecule has 1 heterocycles. The third kappa shape index (κ3) is 5.56. The van der Waals surface area contributed by atoms with E-state index >= 15 is 0 Å². The van der Waals surface area contributed by atoms with E-state index in [0.717, 1.165) is 50.0 Å². The molecule has 144 valence electrons. The minimum atomic E-state index is -0.462. The van der Waals surface area contributed by atoms with Crippen LogP contribution >= 0.6 is 0 Å². The van der Waals surface area contributed by atoms with Crippen molar-refractivity contribution >= 4 is 17.5 Å². The van der Waals surface area contributed by atoms with Crippen LogP contribution in [0.4, 0.5) is 5.69 Å². The monoisotopic (exact) mass is 359 g/mol. The number of anilines is 1. The standard InChI is InChI=1S/C21H33N3O2/c1-16(2)14-19(22)21(26)23-12-8-4-5-9-13-24(17(3)25)20-11-7-6-10-18(20)15-23/h6-7,10-11,16,19H,4-5,8-9,12-15,22H2,1-3H3. The Morgan fingerprint density at radius 3 is 2.38 bits per heavy atom. The molecule has 2 amide bonds. The fourth-order valence-electron chi connectivity index (χ4n) is 3.60. The lowest BCUT2D eigenvalue weighted by Crippen LogP contribution is -2.44. The summed E-state index contributed by atoms with van der Waals surface area (Å²) in [5.74, 6) is 0.451. The lowest BCUT2D eigenvalue weighted by atomic mass is 10.0. The molecule has 1 aromatic rings. The summed E-state index contributed by atoms with van der Waals surface area (Å²) < 4.78 is 0. The summed E-state index contributed by atoms with van der Waals surface area (Å²) in [4.78, 5) is 28.8. The van der Waals surface area contributed by atoms with Crippen LogP contribution in [0.5, 0.6) is 0 Å². The molecule has 0 aromatic heterocycles. The van der Waals surface area contributed by atoms with E-state index in [2.05, 4.69) is 13.8 Å². The Morgan fingerprint density at radius 2 is 1.73 bits per heavy atom. The molecule has 1 aromatic carbocycles.